The maximum absolute atomic E-state index is 12.3. The summed E-state index contributed by atoms with van der Waals surface area (Å²) in [5.41, 5.74) is 0.775. The molecule has 3 heterocycles. The first-order chi connectivity index (χ1) is 13.1. The summed E-state index contributed by atoms with van der Waals surface area (Å²) in [4.78, 5) is 29.1. The molecule has 4 aromatic rings. The number of carbonyl (C=O) groups is 1. The normalized spacial score (nSPS) is 11.0. The van der Waals surface area contributed by atoms with Crippen LogP contribution in [0.2, 0.25) is 0 Å². The molecule has 4 rings (SSSR count). The van der Waals surface area contributed by atoms with Crippen molar-refractivity contribution in [1.29, 1.82) is 0 Å². The minimum absolute atomic E-state index is 0.0544. The Morgan fingerprint density at radius 3 is 2.85 bits per heavy atom. The Kier molecular flexibility index (Phi) is 4.65. The zero-order valence-electron chi connectivity index (χ0n) is 13.9. The molecular formula is C17H13N5O3S2. The lowest BCUT2D eigenvalue weighted by Gasteiger charge is -2.05. The van der Waals surface area contributed by atoms with Gasteiger partial charge in [0.05, 0.1) is 15.5 Å². The quantitative estimate of drug-likeness (QED) is 0.395. The summed E-state index contributed by atoms with van der Waals surface area (Å²) in [7, 11) is 0. The summed E-state index contributed by atoms with van der Waals surface area (Å²) in [6.07, 6.45) is 0.541. The average molecular weight is 399 g/mol. The monoisotopic (exact) mass is 399 g/mol. The van der Waals surface area contributed by atoms with Crippen LogP contribution in [0.4, 0.5) is 5.69 Å². The smallest absolute Gasteiger partial charge is 0.282 e. The van der Waals surface area contributed by atoms with Gasteiger partial charge in [-0.3, -0.25) is 14.9 Å². The standard InChI is InChI=1S/C17H13N5O3S2/c23-16(12-4-1-2-5-13(12)22(24)25)18-8-7-11-10-27-17-19-15(20-21(11)17)14-6-3-9-26-14/h1-6,9-10H,7-8H2,(H,18,23). The fourth-order valence-electron chi connectivity index (χ4n) is 2.63. The molecule has 0 spiro atoms. The summed E-state index contributed by atoms with van der Waals surface area (Å²) in [5.74, 6) is 0.216. The molecule has 3 aromatic heterocycles. The molecule has 0 aliphatic rings. The molecule has 0 saturated carbocycles. The lowest BCUT2D eigenvalue weighted by Crippen LogP contribution is -2.26. The van der Waals surface area contributed by atoms with Gasteiger partial charge in [-0.15, -0.1) is 27.8 Å². The summed E-state index contributed by atoms with van der Waals surface area (Å²) < 4.78 is 1.77. The third kappa shape index (κ3) is 3.44. The first kappa shape index (κ1) is 17.3. The van der Waals surface area contributed by atoms with E-state index in [0.29, 0.717) is 18.8 Å². The molecule has 0 unspecified atom stereocenters. The Morgan fingerprint density at radius 2 is 2.07 bits per heavy atom. The van der Waals surface area contributed by atoms with Crippen LogP contribution in [0.25, 0.3) is 15.7 Å². The second-order valence-electron chi connectivity index (χ2n) is 5.61. The van der Waals surface area contributed by atoms with Crippen molar-refractivity contribution in [3.63, 3.8) is 0 Å². The lowest BCUT2D eigenvalue weighted by atomic mass is 10.1. The molecule has 136 valence electrons. The number of amides is 1. The van der Waals surface area contributed by atoms with E-state index in [1.165, 1.54) is 29.5 Å². The van der Waals surface area contributed by atoms with Crippen molar-refractivity contribution in [3.05, 3.63) is 68.5 Å². The molecular weight excluding hydrogens is 386 g/mol. The van der Waals surface area contributed by atoms with Crippen molar-refractivity contribution >= 4 is 39.2 Å². The zero-order chi connectivity index (χ0) is 18.8. The highest BCUT2D eigenvalue weighted by molar-refractivity contribution is 7.15. The second kappa shape index (κ2) is 7.25. The predicted molar refractivity (Wildman–Crippen MR) is 103 cm³/mol. The summed E-state index contributed by atoms with van der Waals surface area (Å²) >= 11 is 3.06. The fraction of sp³-hybridized carbons (Fsp3) is 0.118. The third-order valence-corrected chi connectivity index (χ3v) is 5.63. The number of hydrogen-bond donors (Lipinski definition) is 1. The number of hydrogen-bond acceptors (Lipinski definition) is 7. The lowest BCUT2D eigenvalue weighted by molar-refractivity contribution is -0.385. The predicted octanol–water partition coefficient (Wildman–Crippen LogP) is 3.40. The van der Waals surface area contributed by atoms with Crippen molar-refractivity contribution in [2.45, 2.75) is 6.42 Å². The summed E-state index contributed by atoms with van der Waals surface area (Å²) in [6.45, 7) is 0.338. The number of thiophene rings is 1. The largest absolute Gasteiger partial charge is 0.351 e. The van der Waals surface area contributed by atoms with Gasteiger partial charge in [-0.2, -0.15) is 4.98 Å². The molecule has 27 heavy (non-hydrogen) atoms. The molecule has 1 aromatic carbocycles. The highest BCUT2D eigenvalue weighted by atomic mass is 32.1. The molecule has 0 aliphatic carbocycles. The molecule has 0 aliphatic heterocycles. The first-order valence-electron chi connectivity index (χ1n) is 8.02. The maximum atomic E-state index is 12.3. The molecule has 10 heteroatoms. The van der Waals surface area contributed by atoms with E-state index in [-0.39, 0.29) is 11.3 Å². The van der Waals surface area contributed by atoms with Gasteiger partial charge in [0.1, 0.15) is 5.56 Å². The van der Waals surface area contributed by atoms with Crippen molar-refractivity contribution in [2.75, 3.05) is 6.54 Å². The molecule has 0 atom stereocenters. The van der Waals surface area contributed by atoms with Crippen LogP contribution in [0.3, 0.4) is 0 Å². The summed E-state index contributed by atoms with van der Waals surface area (Å²) in [5, 5.41) is 22.2. The van der Waals surface area contributed by atoms with Gasteiger partial charge in [-0.25, -0.2) is 4.52 Å². The van der Waals surface area contributed by atoms with Crippen LogP contribution in [-0.4, -0.2) is 32.0 Å². The van der Waals surface area contributed by atoms with Gasteiger partial charge in [-0.1, -0.05) is 18.2 Å². The van der Waals surface area contributed by atoms with Crippen molar-refractivity contribution in [3.8, 4) is 10.7 Å². The molecule has 8 nitrogen and oxygen atoms in total. The topological polar surface area (TPSA) is 102 Å². The van der Waals surface area contributed by atoms with E-state index in [1.807, 2.05) is 22.9 Å². The van der Waals surface area contributed by atoms with E-state index in [9.17, 15) is 14.9 Å². The minimum Gasteiger partial charge on any atom is -0.351 e. The van der Waals surface area contributed by atoms with E-state index in [1.54, 1.807) is 21.9 Å². The molecule has 1 amide bonds. The van der Waals surface area contributed by atoms with Gasteiger partial charge in [0.15, 0.2) is 5.82 Å². The number of thiazole rings is 1. The molecule has 0 fully saturated rings. The van der Waals surface area contributed by atoms with Crippen LogP contribution < -0.4 is 5.32 Å². The Labute approximate surface area is 161 Å². The highest BCUT2D eigenvalue weighted by Crippen LogP contribution is 2.24. The SMILES string of the molecule is O=C(NCCc1csc2nc(-c3cccs3)nn12)c1ccccc1[N+](=O)[O-]. The number of rotatable bonds is 6. The Balaban J connectivity index is 1.45. The first-order valence-corrected chi connectivity index (χ1v) is 9.78. The van der Waals surface area contributed by atoms with Gasteiger partial charge in [0.25, 0.3) is 11.6 Å². The van der Waals surface area contributed by atoms with Gasteiger partial charge in [-0.05, 0) is 17.5 Å². The number of carbonyl (C=O) groups excluding carboxylic acids is 1. The van der Waals surface area contributed by atoms with Gasteiger partial charge >= 0.3 is 0 Å². The van der Waals surface area contributed by atoms with Crippen LogP contribution in [0.15, 0.2) is 47.2 Å². The number of nitro benzene ring substituents is 1. The number of nitrogens with zero attached hydrogens (tertiary/aromatic N) is 4. The number of aromatic nitrogens is 3. The van der Waals surface area contributed by atoms with Crippen LogP contribution >= 0.6 is 22.7 Å². The third-order valence-electron chi connectivity index (χ3n) is 3.90. The number of benzene rings is 1. The number of nitro groups is 1. The Bertz CT molecular complexity index is 1120. The van der Waals surface area contributed by atoms with Crippen LogP contribution in [0, 0.1) is 10.1 Å². The Hall–Kier alpha value is -3.11. The number of nitrogens with one attached hydrogen (secondary N) is 1. The molecule has 0 radical (unpaired) electrons. The molecule has 1 N–H and O–H groups in total. The van der Waals surface area contributed by atoms with Gasteiger partial charge < -0.3 is 5.32 Å². The van der Waals surface area contributed by atoms with Crippen LogP contribution in [0.5, 0.6) is 0 Å². The van der Waals surface area contributed by atoms with Gasteiger partial charge in [0, 0.05) is 24.4 Å². The van der Waals surface area contributed by atoms with Crippen molar-refractivity contribution in [2.24, 2.45) is 0 Å². The zero-order valence-corrected chi connectivity index (χ0v) is 15.5. The molecule has 0 bridgehead atoms. The fourth-order valence-corrected chi connectivity index (χ4v) is 4.14. The van der Waals surface area contributed by atoms with E-state index in [0.717, 1.165) is 15.5 Å². The van der Waals surface area contributed by atoms with Crippen LogP contribution in [-0.2, 0) is 6.42 Å². The van der Waals surface area contributed by atoms with E-state index >= 15 is 0 Å². The van der Waals surface area contributed by atoms with Crippen molar-refractivity contribution < 1.29 is 9.72 Å². The van der Waals surface area contributed by atoms with Crippen LogP contribution in [0.1, 0.15) is 16.1 Å². The molecule has 0 saturated heterocycles. The number of para-hydroxylation sites is 1. The van der Waals surface area contributed by atoms with Gasteiger partial charge in [0.2, 0.25) is 4.96 Å². The minimum atomic E-state index is -0.557. The average Bonchev–Trinajstić information content (AvgIpc) is 3.39. The maximum Gasteiger partial charge on any atom is 0.282 e. The van der Waals surface area contributed by atoms with E-state index < -0.39 is 10.8 Å². The summed E-state index contributed by atoms with van der Waals surface area (Å²) in [6, 6.07) is 9.82. The number of fused-ring (bicyclic) bond motifs is 1. The highest BCUT2D eigenvalue weighted by Gasteiger charge is 2.19. The van der Waals surface area contributed by atoms with E-state index in [2.05, 4.69) is 15.4 Å². The van der Waals surface area contributed by atoms with E-state index in [4.69, 9.17) is 0 Å². The second-order valence-corrected chi connectivity index (χ2v) is 7.40. The Morgan fingerprint density at radius 1 is 1.22 bits per heavy atom. The van der Waals surface area contributed by atoms with Crippen molar-refractivity contribution in [1.82, 2.24) is 19.9 Å².